The number of benzene rings is 1. The fourth-order valence-electron chi connectivity index (χ4n) is 1.34. The van der Waals surface area contributed by atoms with Gasteiger partial charge >= 0.3 is 0 Å². The first kappa shape index (κ1) is 6.40. The molecule has 2 atom stereocenters. The lowest BCUT2D eigenvalue weighted by Crippen LogP contribution is -2.19. The fraction of sp³-hybridized carbons (Fsp3) is 0.200. The summed E-state index contributed by atoms with van der Waals surface area (Å²) in [6, 6.07) is 5.46. The van der Waals surface area contributed by atoms with Gasteiger partial charge in [0.05, 0.1) is 1.37 Å². The molecule has 2 rings (SSSR count). The molecule has 0 bridgehead atoms. The van der Waals surface area contributed by atoms with E-state index >= 15 is 0 Å². The van der Waals surface area contributed by atoms with Gasteiger partial charge in [-0.2, -0.15) is 0 Å². The van der Waals surface area contributed by atoms with Gasteiger partial charge in [-0.05, 0) is 11.1 Å². The van der Waals surface area contributed by atoms with E-state index in [0.29, 0.717) is 5.56 Å². The van der Waals surface area contributed by atoms with Crippen LogP contribution in [0.3, 0.4) is 0 Å². The van der Waals surface area contributed by atoms with Crippen LogP contribution in [0.1, 0.15) is 18.6 Å². The lowest BCUT2D eigenvalue weighted by molar-refractivity contribution is 0.0470. The minimum absolute atomic E-state index is 0.272. The van der Waals surface area contributed by atoms with Gasteiger partial charge in [-0.3, -0.25) is 0 Å². The second-order valence-corrected chi connectivity index (χ2v) is 2.83. The average molecular weight is 163 g/mol. The van der Waals surface area contributed by atoms with Crippen molar-refractivity contribution in [3.63, 3.8) is 0 Å². The third kappa shape index (κ3) is 1.05. The monoisotopic (exact) mass is 163 g/mol. The van der Waals surface area contributed by atoms with Crippen LogP contribution in [0.25, 0.3) is 6.08 Å². The molecule has 0 aliphatic heterocycles. The summed E-state index contributed by atoms with van der Waals surface area (Å²) in [6.07, 6.45) is 1.41. The van der Waals surface area contributed by atoms with Crippen molar-refractivity contribution in [1.82, 2.24) is 0 Å². The number of aliphatic hydroxyl groups excluding tert-OH is 2. The highest BCUT2D eigenvalue weighted by Crippen LogP contribution is 2.27. The Balaban J connectivity index is 2.60. The van der Waals surface area contributed by atoms with Gasteiger partial charge in [0.2, 0.25) is 0 Å². The Morgan fingerprint density at radius 1 is 1.33 bits per heavy atom. The van der Waals surface area contributed by atoms with Crippen LogP contribution in [-0.4, -0.2) is 16.3 Å². The van der Waals surface area contributed by atoms with Crippen LogP contribution < -0.4 is 0 Å². The quantitative estimate of drug-likeness (QED) is 0.601. The molecule has 0 saturated heterocycles. The van der Waals surface area contributed by atoms with E-state index in [4.69, 9.17) is 1.37 Å². The van der Waals surface area contributed by atoms with Crippen molar-refractivity contribution in [1.29, 1.82) is 0 Å². The lowest BCUT2D eigenvalue weighted by atomic mass is 9.93. The van der Waals surface area contributed by atoms with Gasteiger partial charge in [-0.25, -0.2) is 0 Å². The Morgan fingerprint density at radius 3 is 3.00 bits per heavy atom. The molecule has 0 fully saturated rings. The molecule has 0 spiro atoms. The van der Waals surface area contributed by atoms with Crippen LogP contribution in [0, 0.1) is 0 Å². The molecular formula is C10H10O2. The summed E-state index contributed by atoms with van der Waals surface area (Å²) in [7, 11) is 0. The Hall–Kier alpha value is -1.12. The van der Waals surface area contributed by atoms with Gasteiger partial charge in [0, 0.05) is 0 Å². The van der Waals surface area contributed by atoms with Crippen molar-refractivity contribution in [2.24, 2.45) is 0 Å². The van der Waals surface area contributed by atoms with Crippen LogP contribution in [0.5, 0.6) is 0 Å². The van der Waals surface area contributed by atoms with Crippen molar-refractivity contribution in [2.45, 2.75) is 12.2 Å². The van der Waals surface area contributed by atoms with E-state index < -0.39 is 12.2 Å². The summed E-state index contributed by atoms with van der Waals surface area (Å²) in [4.78, 5) is 0. The maximum atomic E-state index is 9.59. The maximum Gasteiger partial charge on any atom is 0.109 e. The molecule has 2 N–H and O–H groups in total. The number of fused-ring (bicyclic) bond motifs is 1. The molecule has 1 aromatic carbocycles. The normalized spacial score (nSPS) is 28.0. The van der Waals surface area contributed by atoms with Crippen LogP contribution in [0.2, 0.25) is 0 Å². The summed E-state index contributed by atoms with van der Waals surface area (Å²) >= 11 is 0. The predicted molar refractivity (Wildman–Crippen MR) is 46.4 cm³/mol. The standard InChI is InChI=1S/C10H10O2/c11-9-6-5-7-3-1-2-4-8(7)10(9)12/h1-6,9-12H/t9-,10+/m0/s1/i4D. The third-order valence-electron chi connectivity index (χ3n) is 2.01. The lowest BCUT2D eigenvalue weighted by Gasteiger charge is -2.21. The van der Waals surface area contributed by atoms with Crippen molar-refractivity contribution < 1.29 is 11.6 Å². The van der Waals surface area contributed by atoms with E-state index in [1.807, 2.05) is 6.07 Å². The molecule has 12 heavy (non-hydrogen) atoms. The third-order valence-corrected chi connectivity index (χ3v) is 2.01. The Labute approximate surface area is 72.2 Å². The molecule has 1 aliphatic rings. The highest BCUT2D eigenvalue weighted by Gasteiger charge is 2.20. The van der Waals surface area contributed by atoms with Crippen LogP contribution in [0.4, 0.5) is 0 Å². The topological polar surface area (TPSA) is 40.5 Å². The molecule has 2 nitrogen and oxygen atoms in total. The van der Waals surface area contributed by atoms with E-state index in [2.05, 4.69) is 0 Å². The first-order valence-electron chi connectivity index (χ1n) is 4.34. The number of aliphatic hydroxyl groups is 2. The molecular weight excluding hydrogens is 152 g/mol. The van der Waals surface area contributed by atoms with Crippen molar-refractivity contribution >= 4 is 6.08 Å². The van der Waals surface area contributed by atoms with Gasteiger partial charge in [0.25, 0.3) is 0 Å². The van der Waals surface area contributed by atoms with Crippen LogP contribution >= 0.6 is 0 Å². The molecule has 0 aromatic heterocycles. The summed E-state index contributed by atoms with van der Waals surface area (Å²) in [6.45, 7) is 0. The van der Waals surface area contributed by atoms with Crippen molar-refractivity contribution in [3.05, 3.63) is 41.4 Å². The summed E-state index contributed by atoms with van der Waals surface area (Å²) < 4.78 is 7.56. The number of hydrogen-bond acceptors (Lipinski definition) is 2. The Kier molecular flexibility index (Phi) is 1.46. The molecule has 2 heteroatoms. The van der Waals surface area contributed by atoms with Gasteiger partial charge < -0.3 is 10.2 Å². The molecule has 1 aromatic rings. The number of hydrogen-bond donors (Lipinski definition) is 2. The highest BCUT2D eigenvalue weighted by molar-refractivity contribution is 5.58. The summed E-state index contributed by atoms with van der Waals surface area (Å²) in [5, 5.41) is 18.9. The first-order chi connectivity index (χ1) is 6.20. The predicted octanol–water partition coefficient (Wildman–Crippen LogP) is 1.11. The average Bonchev–Trinajstić information content (AvgIpc) is 2.12. The highest BCUT2D eigenvalue weighted by atomic mass is 16.3. The van der Waals surface area contributed by atoms with Crippen molar-refractivity contribution in [3.8, 4) is 0 Å². The second kappa shape index (κ2) is 2.73. The molecule has 0 unspecified atom stereocenters. The van der Waals surface area contributed by atoms with E-state index in [9.17, 15) is 10.2 Å². The van der Waals surface area contributed by atoms with Gasteiger partial charge in [0.1, 0.15) is 12.2 Å². The zero-order chi connectivity index (χ0) is 9.42. The molecule has 0 amide bonds. The van der Waals surface area contributed by atoms with Crippen LogP contribution in [-0.2, 0) is 0 Å². The molecule has 0 heterocycles. The van der Waals surface area contributed by atoms with E-state index in [1.54, 1.807) is 18.2 Å². The Morgan fingerprint density at radius 2 is 2.17 bits per heavy atom. The van der Waals surface area contributed by atoms with Crippen molar-refractivity contribution in [2.75, 3.05) is 0 Å². The van der Waals surface area contributed by atoms with E-state index in [1.165, 1.54) is 6.08 Å². The zero-order valence-electron chi connectivity index (χ0n) is 7.44. The molecule has 0 saturated carbocycles. The summed E-state index contributed by atoms with van der Waals surface area (Å²) in [5.41, 5.74) is 1.32. The minimum Gasteiger partial charge on any atom is -0.386 e. The molecule has 0 radical (unpaired) electrons. The van der Waals surface area contributed by atoms with Crippen LogP contribution in [0.15, 0.2) is 30.3 Å². The smallest absolute Gasteiger partial charge is 0.109 e. The van der Waals surface area contributed by atoms with Gasteiger partial charge in [-0.1, -0.05) is 36.4 Å². The molecule has 62 valence electrons. The fourth-order valence-corrected chi connectivity index (χ4v) is 1.34. The largest absolute Gasteiger partial charge is 0.386 e. The van der Waals surface area contributed by atoms with Gasteiger partial charge in [-0.15, -0.1) is 0 Å². The Bertz CT molecular complexity index is 360. The van der Waals surface area contributed by atoms with Gasteiger partial charge in [0.15, 0.2) is 0 Å². The second-order valence-electron chi connectivity index (χ2n) is 2.83. The maximum absolute atomic E-state index is 9.59. The summed E-state index contributed by atoms with van der Waals surface area (Å²) in [5.74, 6) is 0. The SMILES string of the molecule is [2H]c1cccc2c1[C@@H](O)[C@@H](O)C=C2. The van der Waals surface area contributed by atoms with E-state index in [0.717, 1.165) is 5.56 Å². The minimum atomic E-state index is -0.964. The van der Waals surface area contributed by atoms with E-state index in [-0.39, 0.29) is 6.04 Å². The molecule has 1 aliphatic carbocycles. The first-order valence-corrected chi connectivity index (χ1v) is 3.84. The zero-order valence-corrected chi connectivity index (χ0v) is 6.44. The number of rotatable bonds is 0.